The number of anilines is 1. The molecule has 0 aromatic heterocycles. The van der Waals surface area contributed by atoms with Crippen LogP contribution < -0.4 is 10.3 Å². The molecule has 7 nitrogen and oxygen atoms in total. The monoisotopic (exact) mass is 411 g/mol. The van der Waals surface area contributed by atoms with Crippen molar-refractivity contribution in [2.24, 2.45) is 11.0 Å². The number of aryl methyl sites for hydroxylation is 1. The standard InChI is InChI=1S/C21H18ClN3O4/c1-11-5-4-6-15(12(11)2)25-18(26)16-17(19(27)29-3)23-24-21(16,20(25)28)13-7-9-14(22)10-8-13/h4-10,16,24H,1-3H3/t16-,21-/m1/s1. The number of hydrazone groups is 1. The molecular weight excluding hydrogens is 394 g/mol. The number of nitrogens with one attached hydrogen (secondary N) is 1. The van der Waals surface area contributed by atoms with Gasteiger partial charge in [0, 0.05) is 5.02 Å². The highest BCUT2D eigenvalue weighted by atomic mass is 35.5. The number of imide groups is 1. The fraction of sp³-hybridized carbons (Fsp3) is 0.238. The first-order chi connectivity index (χ1) is 13.8. The van der Waals surface area contributed by atoms with Gasteiger partial charge in [0.25, 0.3) is 5.91 Å². The van der Waals surface area contributed by atoms with Crippen LogP contribution in [-0.2, 0) is 24.7 Å². The summed E-state index contributed by atoms with van der Waals surface area (Å²) in [4.78, 5) is 40.6. The van der Waals surface area contributed by atoms with E-state index in [9.17, 15) is 14.4 Å². The molecular formula is C21H18ClN3O4. The summed E-state index contributed by atoms with van der Waals surface area (Å²) in [6, 6.07) is 11.9. The van der Waals surface area contributed by atoms with Crippen LogP contribution in [0, 0.1) is 19.8 Å². The summed E-state index contributed by atoms with van der Waals surface area (Å²) in [5.41, 5.74) is 3.82. The Morgan fingerprint density at radius 3 is 2.52 bits per heavy atom. The van der Waals surface area contributed by atoms with E-state index in [0.717, 1.165) is 16.0 Å². The SMILES string of the molecule is COC(=O)C1=NN[C@@]2(c3ccc(Cl)cc3)C(=O)N(c3cccc(C)c3C)C(=O)[C@@H]12. The number of ether oxygens (including phenoxy) is 1. The predicted molar refractivity (Wildman–Crippen MR) is 108 cm³/mol. The summed E-state index contributed by atoms with van der Waals surface area (Å²) in [6.07, 6.45) is 0. The van der Waals surface area contributed by atoms with Crippen LogP contribution in [0.3, 0.4) is 0 Å². The van der Waals surface area contributed by atoms with Crippen molar-refractivity contribution in [3.05, 3.63) is 64.2 Å². The topological polar surface area (TPSA) is 88.1 Å². The van der Waals surface area contributed by atoms with Gasteiger partial charge >= 0.3 is 5.97 Å². The molecule has 2 aliphatic heterocycles. The highest BCUT2D eigenvalue weighted by Crippen LogP contribution is 2.45. The Morgan fingerprint density at radius 1 is 1.17 bits per heavy atom. The third kappa shape index (κ3) is 2.57. The maximum atomic E-state index is 13.7. The Balaban J connectivity index is 1.92. The van der Waals surface area contributed by atoms with E-state index in [1.54, 1.807) is 36.4 Å². The average molecular weight is 412 g/mol. The first kappa shape index (κ1) is 19.1. The van der Waals surface area contributed by atoms with Crippen LogP contribution in [-0.4, -0.2) is 30.6 Å². The maximum Gasteiger partial charge on any atom is 0.355 e. The van der Waals surface area contributed by atoms with E-state index in [1.165, 1.54) is 7.11 Å². The number of nitrogens with zero attached hydrogens (tertiary/aromatic N) is 2. The summed E-state index contributed by atoms with van der Waals surface area (Å²) >= 11 is 6.00. The van der Waals surface area contributed by atoms with Crippen LogP contribution >= 0.6 is 11.6 Å². The van der Waals surface area contributed by atoms with Crippen molar-refractivity contribution in [1.82, 2.24) is 5.43 Å². The number of hydrogen-bond acceptors (Lipinski definition) is 6. The highest BCUT2D eigenvalue weighted by molar-refractivity contribution is 6.47. The fourth-order valence-corrected chi connectivity index (χ4v) is 4.03. The fourth-order valence-electron chi connectivity index (χ4n) is 3.90. The third-order valence-electron chi connectivity index (χ3n) is 5.58. The Hall–Kier alpha value is -3.19. The normalized spacial score (nSPS) is 23.0. The molecule has 0 aliphatic carbocycles. The van der Waals surface area contributed by atoms with E-state index < -0.39 is 29.2 Å². The predicted octanol–water partition coefficient (Wildman–Crippen LogP) is 2.47. The van der Waals surface area contributed by atoms with E-state index in [2.05, 4.69) is 10.5 Å². The Morgan fingerprint density at radius 2 is 1.86 bits per heavy atom. The number of benzene rings is 2. The molecule has 2 heterocycles. The summed E-state index contributed by atoms with van der Waals surface area (Å²) < 4.78 is 4.80. The smallest absolute Gasteiger partial charge is 0.355 e. The molecule has 2 aliphatic rings. The number of esters is 1. The number of carbonyl (C=O) groups is 3. The zero-order chi connectivity index (χ0) is 20.9. The molecule has 2 aromatic carbocycles. The zero-order valence-electron chi connectivity index (χ0n) is 16.0. The molecule has 8 heteroatoms. The van der Waals surface area contributed by atoms with Gasteiger partial charge in [0.15, 0.2) is 11.3 Å². The van der Waals surface area contributed by atoms with Gasteiger partial charge in [-0.1, -0.05) is 35.9 Å². The lowest BCUT2D eigenvalue weighted by Crippen LogP contribution is -2.48. The molecule has 0 bridgehead atoms. The van der Waals surface area contributed by atoms with Crippen molar-refractivity contribution in [1.29, 1.82) is 0 Å². The lowest BCUT2D eigenvalue weighted by Gasteiger charge is -2.26. The molecule has 1 fully saturated rings. The van der Waals surface area contributed by atoms with Gasteiger partial charge in [0.05, 0.1) is 12.8 Å². The van der Waals surface area contributed by atoms with Crippen molar-refractivity contribution in [2.75, 3.05) is 12.0 Å². The maximum absolute atomic E-state index is 13.7. The van der Waals surface area contributed by atoms with E-state index in [4.69, 9.17) is 16.3 Å². The van der Waals surface area contributed by atoms with Crippen molar-refractivity contribution >= 4 is 40.8 Å². The lowest BCUT2D eigenvalue weighted by molar-refractivity contribution is -0.133. The quantitative estimate of drug-likeness (QED) is 0.619. The van der Waals surface area contributed by atoms with Gasteiger partial charge in [-0.3, -0.25) is 15.0 Å². The van der Waals surface area contributed by atoms with Gasteiger partial charge in [-0.05, 0) is 48.7 Å². The molecule has 0 spiro atoms. The second-order valence-corrected chi connectivity index (χ2v) is 7.48. The second-order valence-electron chi connectivity index (χ2n) is 7.05. The van der Waals surface area contributed by atoms with Gasteiger partial charge in [0.2, 0.25) is 5.91 Å². The minimum absolute atomic E-state index is 0.131. The van der Waals surface area contributed by atoms with Crippen LogP contribution in [0.25, 0.3) is 0 Å². The summed E-state index contributed by atoms with van der Waals surface area (Å²) in [5, 5.41) is 4.50. The van der Waals surface area contributed by atoms with Crippen LogP contribution in [0.2, 0.25) is 5.02 Å². The van der Waals surface area contributed by atoms with Crippen molar-refractivity contribution in [3.8, 4) is 0 Å². The molecule has 4 rings (SSSR count). The third-order valence-corrected chi connectivity index (χ3v) is 5.83. The molecule has 0 radical (unpaired) electrons. The Bertz CT molecular complexity index is 1080. The first-order valence-corrected chi connectivity index (χ1v) is 9.34. The number of hydrogen-bond donors (Lipinski definition) is 1. The van der Waals surface area contributed by atoms with Crippen molar-refractivity contribution in [2.45, 2.75) is 19.4 Å². The number of amides is 2. The van der Waals surface area contributed by atoms with E-state index >= 15 is 0 Å². The van der Waals surface area contributed by atoms with Crippen LogP contribution in [0.4, 0.5) is 5.69 Å². The van der Waals surface area contributed by atoms with Gasteiger partial charge in [-0.2, -0.15) is 5.10 Å². The molecule has 0 saturated carbocycles. The highest BCUT2D eigenvalue weighted by Gasteiger charge is 2.67. The minimum Gasteiger partial charge on any atom is -0.464 e. The number of halogens is 1. The van der Waals surface area contributed by atoms with Crippen molar-refractivity contribution < 1.29 is 19.1 Å². The molecule has 1 saturated heterocycles. The summed E-state index contributed by atoms with van der Waals surface area (Å²) in [7, 11) is 1.21. The Kier molecular flexibility index (Phi) is 4.42. The van der Waals surface area contributed by atoms with E-state index in [1.807, 2.05) is 19.9 Å². The molecule has 1 N–H and O–H groups in total. The molecule has 2 amide bonds. The summed E-state index contributed by atoms with van der Waals surface area (Å²) in [5.74, 6) is -2.95. The van der Waals surface area contributed by atoms with E-state index in [-0.39, 0.29) is 5.71 Å². The number of rotatable bonds is 3. The van der Waals surface area contributed by atoms with Gasteiger partial charge < -0.3 is 4.74 Å². The van der Waals surface area contributed by atoms with Crippen molar-refractivity contribution in [3.63, 3.8) is 0 Å². The summed E-state index contributed by atoms with van der Waals surface area (Å²) in [6.45, 7) is 3.75. The van der Waals surface area contributed by atoms with Gasteiger partial charge in [-0.25, -0.2) is 9.69 Å². The second kappa shape index (κ2) is 6.70. The molecule has 148 valence electrons. The number of carbonyl (C=O) groups excluding carboxylic acids is 3. The largest absolute Gasteiger partial charge is 0.464 e. The molecule has 29 heavy (non-hydrogen) atoms. The van der Waals surface area contributed by atoms with Crippen LogP contribution in [0.15, 0.2) is 47.6 Å². The van der Waals surface area contributed by atoms with E-state index in [0.29, 0.717) is 16.3 Å². The zero-order valence-corrected chi connectivity index (χ0v) is 16.8. The molecule has 2 aromatic rings. The van der Waals surface area contributed by atoms with Gasteiger partial charge in [0.1, 0.15) is 5.92 Å². The molecule has 0 unspecified atom stereocenters. The minimum atomic E-state index is -1.54. The number of fused-ring (bicyclic) bond motifs is 1. The van der Waals surface area contributed by atoms with Gasteiger partial charge in [-0.15, -0.1) is 0 Å². The van der Waals surface area contributed by atoms with Crippen LogP contribution in [0.1, 0.15) is 16.7 Å². The average Bonchev–Trinajstić information content (AvgIpc) is 3.21. The lowest BCUT2D eigenvalue weighted by atomic mass is 9.79. The molecule has 2 atom stereocenters. The Labute approximate surface area is 172 Å². The number of methoxy groups -OCH3 is 1. The first-order valence-electron chi connectivity index (χ1n) is 8.96. The van der Waals surface area contributed by atoms with Crippen LogP contribution in [0.5, 0.6) is 0 Å².